The number of hydrogen-bond acceptors (Lipinski definition) is 2. The van der Waals surface area contributed by atoms with E-state index in [9.17, 15) is 9.59 Å². The molecule has 20 heavy (non-hydrogen) atoms. The number of aliphatic carboxylic acids is 1. The van der Waals surface area contributed by atoms with Crippen molar-refractivity contribution in [3.63, 3.8) is 0 Å². The first-order valence-electron chi connectivity index (χ1n) is 6.83. The maximum absolute atomic E-state index is 11.9. The minimum atomic E-state index is -0.814. The normalized spacial score (nSPS) is 21.6. The van der Waals surface area contributed by atoms with E-state index in [0.717, 1.165) is 18.4 Å². The Morgan fingerprint density at radius 3 is 2.60 bits per heavy atom. The summed E-state index contributed by atoms with van der Waals surface area (Å²) in [7, 11) is 0. The second kappa shape index (κ2) is 6.75. The second-order valence-electron chi connectivity index (χ2n) is 5.18. The molecule has 1 fully saturated rings. The van der Waals surface area contributed by atoms with Crippen molar-refractivity contribution in [3.8, 4) is 0 Å². The quantitative estimate of drug-likeness (QED) is 0.877. The molecule has 0 aromatic heterocycles. The maximum Gasteiger partial charge on any atom is 0.308 e. The molecule has 1 aromatic carbocycles. The lowest BCUT2D eigenvalue weighted by Crippen LogP contribution is -2.40. The topological polar surface area (TPSA) is 66.4 Å². The number of carbonyl (C=O) groups is 2. The van der Waals surface area contributed by atoms with Gasteiger partial charge >= 0.3 is 5.97 Å². The molecular formula is C15H18ClNO3. The van der Waals surface area contributed by atoms with Crippen LogP contribution >= 0.6 is 11.6 Å². The standard InChI is InChI=1S/C15H18ClNO3/c16-11-7-4-10(5-8-11)6-9-14(18)17-13-3-1-2-12(13)15(19)20/h4-5,7-8,12-13H,1-3,6,9H2,(H,17,18)(H,19,20)/t12-,13+/m1/s1. The van der Waals surface area contributed by atoms with Crippen molar-refractivity contribution in [1.82, 2.24) is 5.32 Å². The van der Waals surface area contributed by atoms with Gasteiger partial charge in [-0.2, -0.15) is 0 Å². The fourth-order valence-electron chi connectivity index (χ4n) is 2.62. The summed E-state index contributed by atoms with van der Waals surface area (Å²) in [6.45, 7) is 0. The van der Waals surface area contributed by atoms with Crippen LogP contribution in [0.25, 0.3) is 0 Å². The van der Waals surface area contributed by atoms with Crippen molar-refractivity contribution in [1.29, 1.82) is 0 Å². The molecular weight excluding hydrogens is 278 g/mol. The number of carbonyl (C=O) groups excluding carboxylic acids is 1. The van der Waals surface area contributed by atoms with Gasteiger partial charge in [0.05, 0.1) is 5.92 Å². The molecule has 0 unspecified atom stereocenters. The SMILES string of the molecule is O=C(CCc1ccc(Cl)cc1)N[C@H]1CCC[C@H]1C(=O)O. The Hall–Kier alpha value is -1.55. The molecule has 0 heterocycles. The summed E-state index contributed by atoms with van der Waals surface area (Å²) in [6.07, 6.45) is 3.26. The Labute approximate surface area is 123 Å². The average molecular weight is 296 g/mol. The van der Waals surface area contributed by atoms with E-state index in [1.54, 1.807) is 12.1 Å². The van der Waals surface area contributed by atoms with Gasteiger partial charge in [0.25, 0.3) is 0 Å². The van der Waals surface area contributed by atoms with Crippen molar-refractivity contribution in [2.75, 3.05) is 0 Å². The summed E-state index contributed by atoms with van der Waals surface area (Å²) in [6, 6.07) is 7.17. The van der Waals surface area contributed by atoms with Crippen LogP contribution in [-0.2, 0) is 16.0 Å². The van der Waals surface area contributed by atoms with Gasteiger partial charge in [0.2, 0.25) is 5.91 Å². The second-order valence-corrected chi connectivity index (χ2v) is 5.61. The molecule has 0 saturated heterocycles. The fraction of sp³-hybridized carbons (Fsp3) is 0.467. The van der Waals surface area contributed by atoms with Gasteiger partial charge in [-0.25, -0.2) is 0 Å². The van der Waals surface area contributed by atoms with Crippen molar-refractivity contribution in [3.05, 3.63) is 34.9 Å². The lowest BCUT2D eigenvalue weighted by Gasteiger charge is -2.17. The van der Waals surface area contributed by atoms with E-state index in [1.165, 1.54) is 0 Å². The molecule has 4 nitrogen and oxygen atoms in total. The molecule has 2 N–H and O–H groups in total. The van der Waals surface area contributed by atoms with Gasteiger partial charge in [-0.1, -0.05) is 30.2 Å². The first-order valence-corrected chi connectivity index (χ1v) is 7.20. The van der Waals surface area contributed by atoms with E-state index in [0.29, 0.717) is 24.3 Å². The maximum atomic E-state index is 11.9. The van der Waals surface area contributed by atoms with Crippen LogP contribution in [0.2, 0.25) is 5.02 Å². The minimum absolute atomic E-state index is 0.0851. The predicted molar refractivity (Wildman–Crippen MR) is 76.7 cm³/mol. The highest BCUT2D eigenvalue weighted by Gasteiger charge is 2.33. The van der Waals surface area contributed by atoms with Gasteiger partial charge in [-0.3, -0.25) is 9.59 Å². The van der Waals surface area contributed by atoms with Crippen LogP contribution < -0.4 is 5.32 Å². The molecule has 1 saturated carbocycles. The molecule has 2 rings (SSSR count). The van der Waals surface area contributed by atoms with Crippen molar-refractivity contribution < 1.29 is 14.7 Å². The molecule has 1 aromatic rings. The van der Waals surface area contributed by atoms with Crippen molar-refractivity contribution in [2.45, 2.75) is 38.1 Å². The Kier molecular flexibility index (Phi) is 5.01. The van der Waals surface area contributed by atoms with E-state index in [1.807, 2.05) is 12.1 Å². The molecule has 5 heteroatoms. The first kappa shape index (κ1) is 14.9. The monoisotopic (exact) mass is 295 g/mol. The average Bonchev–Trinajstić information content (AvgIpc) is 2.86. The summed E-state index contributed by atoms with van der Waals surface area (Å²) < 4.78 is 0. The smallest absolute Gasteiger partial charge is 0.308 e. The highest BCUT2D eigenvalue weighted by atomic mass is 35.5. The Morgan fingerprint density at radius 2 is 1.95 bits per heavy atom. The molecule has 0 bridgehead atoms. The molecule has 108 valence electrons. The summed E-state index contributed by atoms with van der Waals surface area (Å²) in [5, 5.41) is 12.6. The lowest BCUT2D eigenvalue weighted by molar-refractivity contribution is -0.142. The van der Waals surface area contributed by atoms with Crippen molar-refractivity contribution >= 4 is 23.5 Å². The van der Waals surface area contributed by atoms with Crippen LogP contribution in [0.3, 0.4) is 0 Å². The van der Waals surface area contributed by atoms with E-state index in [-0.39, 0.29) is 11.9 Å². The van der Waals surface area contributed by atoms with Crippen LogP contribution in [0.15, 0.2) is 24.3 Å². The number of carboxylic acids is 1. The number of rotatable bonds is 5. The highest BCUT2D eigenvalue weighted by molar-refractivity contribution is 6.30. The zero-order valence-electron chi connectivity index (χ0n) is 11.1. The zero-order chi connectivity index (χ0) is 14.5. The van der Waals surface area contributed by atoms with Crippen LogP contribution in [0.4, 0.5) is 0 Å². The molecule has 0 spiro atoms. The number of halogens is 1. The Bertz CT molecular complexity index is 486. The van der Waals surface area contributed by atoms with Crippen LogP contribution in [0, 0.1) is 5.92 Å². The Morgan fingerprint density at radius 1 is 1.25 bits per heavy atom. The van der Waals surface area contributed by atoms with Crippen LogP contribution in [0.5, 0.6) is 0 Å². The lowest BCUT2D eigenvalue weighted by atomic mass is 10.0. The summed E-state index contributed by atoms with van der Waals surface area (Å²) in [5.41, 5.74) is 1.05. The molecule has 1 amide bonds. The van der Waals surface area contributed by atoms with Gasteiger partial charge in [0.1, 0.15) is 0 Å². The zero-order valence-corrected chi connectivity index (χ0v) is 11.9. The van der Waals surface area contributed by atoms with Crippen molar-refractivity contribution in [2.24, 2.45) is 5.92 Å². The van der Waals surface area contributed by atoms with Crippen LogP contribution in [-0.4, -0.2) is 23.0 Å². The fourth-order valence-corrected chi connectivity index (χ4v) is 2.74. The number of carboxylic acid groups (broad SMARTS) is 1. The van der Waals surface area contributed by atoms with E-state index in [2.05, 4.69) is 5.32 Å². The largest absolute Gasteiger partial charge is 0.481 e. The van der Waals surface area contributed by atoms with Gasteiger partial charge in [-0.15, -0.1) is 0 Å². The third-order valence-corrected chi connectivity index (χ3v) is 3.99. The molecule has 0 aliphatic heterocycles. The Balaban J connectivity index is 1.80. The summed E-state index contributed by atoms with van der Waals surface area (Å²) in [5.74, 6) is -1.34. The van der Waals surface area contributed by atoms with Gasteiger partial charge in [0.15, 0.2) is 0 Å². The number of aryl methyl sites for hydroxylation is 1. The molecule has 0 radical (unpaired) electrons. The minimum Gasteiger partial charge on any atom is -0.481 e. The molecule has 1 aliphatic carbocycles. The number of hydrogen-bond donors (Lipinski definition) is 2. The third kappa shape index (κ3) is 3.97. The van der Waals surface area contributed by atoms with Crippen LogP contribution in [0.1, 0.15) is 31.2 Å². The van der Waals surface area contributed by atoms with Gasteiger partial charge < -0.3 is 10.4 Å². The van der Waals surface area contributed by atoms with Gasteiger partial charge in [0, 0.05) is 17.5 Å². The number of benzene rings is 1. The summed E-state index contributed by atoms with van der Waals surface area (Å²) >= 11 is 5.80. The van der Waals surface area contributed by atoms with E-state index >= 15 is 0 Å². The summed E-state index contributed by atoms with van der Waals surface area (Å²) in [4.78, 5) is 22.9. The molecule has 2 atom stereocenters. The highest BCUT2D eigenvalue weighted by Crippen LogP contribution is 2.25. The first-order chi connectivity index (χ1) is 9.56. The molecule has 1 aliphatic rings. The van der Waals surface area contributed by atoms with E-state index in [4.69, 9.17) is 16.7 Å². The predicted octanol–water partition coefficient (Wildman–Crippen LogP) is 2.64. The number of amides is 1. The van der Waals surface area contributed by atoms with E-state index < -0.39 is 11.9 Å². The van der Waals surface area contributed by atoms with Gasteiger partial charge in [-0.05, 0) is 37.0 Å². The third-order valence-electron chi connectivity index (χ3n) is 3.73. The number of nitrogens with one attached hydrogen (secondary N) is 1.